The number of hydrogen-bond acceptors (Lipinski definition) is 9. The molecule has 0 aliphatic heterocycles. The van der Waals surface area contributed by atoms with E-state index in [2.05, 4.69) is 15.0 Å². The van der Waals surface area contributed by atoms with Gasteiger partial charge < -0.3 is 15.8 Å². The molecule has 35 heavy (non-hydrogen) atoms. The van der Waals surface area contributed by atoms with Crippen LogP contribution in [0, 0.1) is 5.92 Å². The number of benzene rings is 1. The third-order valence-corrected chi connectivity index (χ3v) is 8.86. The van der Waals surface area contributed by atoms with E-state index in [1.54, 1.807) is 25.1 Å². The van der Waals surface area contributed by atoms with Crippen LogP contribution < -0.4 is 15.8 Å². The van der Waals surface area contributed by atoms with Gasteiger partial charge in [0, 0.05) is 24.9 Å². The topological polar surface area (TPSA) is 140 Å². The predicted octanol–water partition coefficient (Wildman–Crippen LogP) is 4.10. The Labute approximate surface area is 218 Å². The zero-order chi connectivity index (χ0) is 25.8. The average molecular weight is 564 g/mol. The van der Waals surface area contributed by atoms with Gasteiger partial charge in [0.25, 0.3) is 0 Å². The number of esters is 1. The van der Waals surface area contributed by atoms with Crippen molar-refractivity contribution in [2.24, 2.45) is 5.92 Å². The summed E-state index contributed by atoms with van der Waals surface area (Å²) in [6.07, 6.45) is 2.73. The lowest BCUT2D eigenvalue weighted by molar-refractivity contribution is -0.141. The molecule has 9 nitrogen and oxygen atoms in total. The van der Waals surface area contributed by atoms with Crippen LogP contribution in [0.2, 0.25) is 10.0 Å². The maximum atomic E-state index is 12.9. The normalized spacial score (nSPS) is 19.2. The Morgan fingerprint density at radius 2 is 1.80 bits per heavy atom. The molecule has 0 radical (unpaired) electrons. The molecule has 0 unspecified atom stereocenters. The quantitative estimate of drug-likeness (QED) is 0.290. The number of hydrogen-bond donors (Lipinski definition) is 3. The van der Waals surface area contributed by atoms with Gasteiger partial charge in [-0.1, -0.05) is 47.5 Å². The third-order valence-electron chi connectivity index (χ3n) is 5.53. The molecule has 0 saturated heterocycles. The summed E-state index contributed by atoms with van der Waals surface area (Å²) in [4.78, 5) is 28.4. The van der Waals surface area contributed by atoms with Crippen LogP contribution in [0.5, 0.6) is 0 Å². The number of anilines is 2. The Hall–Kier alpha value is -1.92. The van der Waals surface area contributed by atoms with E-state index >= 15 is 0 Å². The van der Waals surface area contributed by atoms with E-state index in [1.807, 2.05) is 0 Å². The summed E-state index contributed by atoms with van der Waals surface area (Å²) >= 11 is 13.5. The highest BCUT2D eigenvalue weighted by atomic mass is 35.5. The molecule has 1 heterocycles. The number of aromatic nitrogens is 1. The molecule has 0 spiro atoms. The molecule has 0 bridgehead atoms. The number of ether oxygens (including phenoxy) is 1. The summed E-state index contributed by atoms with van der Waals surface area (Å²) in [5.74, 6) is -1.13. The van der Waals surface area contributed by atoms with Gasteiger partial charge in [-0.25, -0.2) is 18.1 Å². The molecule has 192 valence electrons. The Morgan fingerprint density at radius 3 is 2.40 bits per heavy atom. The number of carbonyl (C=O) groups excluding carboxylic acids is 2. The zero-order valence-electron chi connectivity index (χ0n) is 19.3. The summed E-state index contributed by atoms with van der Waals surface area (Å²) in [5, 5.41) is 4.30. The second-order valence-corrected chi connectivity index (χ2v) is 12.3. The van der Waals surface area contributed by atoms with Crippen molar-refractivity contribution >= 4 is 67.3 Å². The number of ketones is 1. The average Bonchev–Trinajstić information content (AvgIpc) is 3.13. The van der Waals surface area contributed by atoms with Crippen molar-refractivity contribution < 1.29 is 22.7 Å². The van der Waals surface area contributed by atoms with Gasteiger partial charge in [-0.3, -0.25) is 9.59 Å². The molecule has 1 aliphatic carbocycles. The third kappa shape index (κ3) is 7.78. The van der Waals surface area contributed by atoms with E-state index in [-0.39, 0.29) is 62.4 Å². The number of nitrogens with two attached hydrogens (primary N) is 1. The van der Waals surface area contributed by atoms with Gasteiger partial charge in [0.2, 0.25) is 15.8 Å². The van der Waals surface area contributed by atoms with Crippen molar-refractivity contribution in [1.29, 1.82) is 0 Å². The molecule has 1 saturated carbocycles. The maximum Gasteiger partial charge on any atom is 0.302 e. The van der Waals surface area contributed by atoms with Gasteiger partial charge in [-0.2, -0.15) is 0 Å². The van der Waals surface area contributed by atoms with E-state index in [0.717, 1.165) is 24.2 Å². The van der Waals surface area contributed by atoms with Gasteiger partial charge in [0.15, 0.2) is 5.13 Å². The van der Waals surface area contributed by atoms with Crippen molar-refractivity contribution in [3.05, 3.63) is 38.7 Å². The minimum atomic E-state index is -3.50. The first-order chi connectivity index (χ1) is 16.4. The Balaban J connectivity index is 1.53. The Kier molecular flexibility index (Phi) is 9.39. The standard InChI is InChI=1S/C22H28Cl2N4O5S2/c1-12(10-33-13(2)29)11-35(31,32)28-15-8-6-14(7-9-15)26-22-27-21(25)20(34-22)19(30)18-16(23)4-3-5-17(18)24/h3-5,12,14-15,28H,6-11,25H2,1-2H3,(H,26,27)/t12-,14?,15?/m1/s1. The number of rotatable bonds is 10. The minimum Gasteiger partial charge on any atom is -0.466 e. The minimum absolute atomic E-state index is 0.0658. The van der Waals surface area contributed by atoms with Gasteiger partial charge in [0.1, 0.15) is 10.7 Å². The second-order valence-electron chi connectivity index (χ2n) is 8.66. The molecule has 1 fully saturated rings. The molecule has 1 aromatic carbocycles. The lowest BCUT2D eigenvalue weighted by Gasteiger charge is -2.29. The van der Waals surface area contributed by atoms with Crippen LogP contribution in [0.3, 0.4) is 0 Å². The van der Waals surface area contributed by atoms with Crippen LogP contribution in [0.1, 0.15) is 54.8 Å². The highest BCUT2D eigenvalue weighted by molar-refractivity contribution is 7.89. The van der Waals surface area contributed by atoms with Crippen LogP contribution in [-0.4, -0.2) is 49.6 Å². The monoisotopic (exact) mass is 562 g/mol. The Morgan fingerprint density at radius 1 is 1.20 bits per heavy atom. The smallest absolute Gasteiger partial charge is 0.302 e. The van der Waals surface area contributed by atoms with Crippen LogP contribution in [0.15, 0.2) is 18.2 Å². The highest BCUT2D eigenvalue weighted by Crippen LogP contribution is 2.34. The maximum absolute atomic E-state index is 12.9. The van der Waals surface area contributed by atoms with Crippen LogP contribution in [-0.2, 0) is 19.6 Å². The summed E-state index contributed by atoms with van der Waals surface area (Å²) in [6, 6.07) is 4.73. The lowest BCUT2D eigenvalue weighted by atomic mass is 9.92. The number of nitrogens with one attached hydrogen (secondary N) is 2. The molecule has 1 atom stereocenters. The van der Waals surface area contributed by atoms with Gasteiger partial charge in [0.05, 0.1) is 28.0 Å². The van der Waals surface area contributed by atoms with E-state index < -0.39 is 16.0 Å². The molecular formula is C22H28Cl2N4O5S2. The van der Waals surface area contributed by atoms with Gasteiger partial charge in [-0.15, -0.1) is 0 Å². The predicted molar refractivity (Wildman–Crippen MR) is 139 cm³/mol. The van der Waals surface area contributed by atoms with Crippen LogP contribution >= 0.6 is 34.5 Å². The van der Waals surface area contributed by atoms with E-state index in [0.29, 0.717) is 18.0 Å². The first-order valence-electron chi connectivity index (χ1n) is 11.1. The fraction of sp³-hybridized carbons (Fsp3) is 0.500. The van der Waals surface area contributed by atoms with E-state index in [1.165, 1.54) is 6.92 Å². The molecule has 0 amide bonds. The number of nitrogen functional groups attached to an aromatic ring is 1. The number of halogens is 2. The number of thiazole rings is 1. The van der Waals surface area contributed by atoms with Crippen LogP contribution in [0.4, 0.5) is 10.9 Å². The number of sulfonamides is 1. The molecular weight excluding hydrogens is 535 g/mol. The zero-order valence-corrected chi connectivity index (χ0v) is 22.5. The van der Waals surface area contributed by atoms with Gasteiger partial charge >= 0.3 is 5.97 Å². The van der Waals surface area contributed by atoms with Crippen molar-refractivity contribution in [2.75, 3.05) is 23.4 Å². The van der Waals surface area contributed by atoms with E-state index in [9.17, 15) is 18.0 Å². The SMILES string of the molecule is CC(=O)OC[C@@H](C)CS(=O)(=O)NC1CCC(Nc2nc(N)c(C(=O)c3c(Cl)cccc3Cl)s2)CC1. The Bertz CT molecular complexity index is 1160. The van der Waals surface area contributed by atoms with E-state index in [4.69, 9.17) is 33.7 Å². The molecule has 1 aliphatic rings. The number of nitrogens with zero attached hydrogens (tertiary/aromatic N) is 1. The summed E-state index contributed by atoms with van der Waals surface area (Å²) in [5.41, 5.74) is 6.19. The molecule has 3 rings (SSSR count). The first kappa shape index (κ1) is 27.7. The highest BCUT2D eigenvalue weighted by Gasteiger charge is 2.28. The summed E-state index contributed by atoms with van der Waals surface area (Å²) in [6.45, 7) is 3.08. The fourth-order valence-electron chi connectivity index (χ4n) is 3.90. The number of carbonyl (C=O) groups is 2. The molecule has 13 heteroatoms. The molecule has 4 N–H and O–H groups in total. The largest absolute Gasteiger partial charge is 0.466 e. The second kappa shape index (κ2) is 11.9. The molecule has 1 aromatic heterocycles. The van der Waals surface area contributed by atoms with Crippen molar-refractivity contribution in [3.63, 3.8) is 0 Å². The lowest BCUT2D eigenvalue weighted by Crippen LogP contribution is -2.42. The van der Waals surface area contributed by atoms with Crippen molar-refractivity contribution in [1.82, 2.24) is 9.71 Å². The molecule has 2 aromatic rings. The first-order valence-corrected chi connectivity index (χ1v) is 14.3. The van der Waals surface area contributed by atoms with Crippen molar-refractivity contribution in [2.45, 2.75) is 51.6 Å². The fourth-order valence-corrected chi connectivity index (χ4v) is 7.06. The van der Waals surface area contributed by atoms with Crippen LogP contribution in [0.25, 0.3) is 0 Å². The van der Waals surface area contributed by atoms with Gasteiger partial charge in [-0.05, 0) is 37.8 Å². The van der Waals surface area contributed by atoms with Crippen molar-refractivity contribution in [3.8, 4) is 0 Å². The summed E-state index contributed by atoms with van der Waals surface area (Å²) in [7, 11) is -3.50. The summed E-state index contributed by atoms with van der Waals surface area (Å²) < 4.78 is 32.6.